The van der Waals surface area contributed by atoms with Gasteiger partial charge in [0.15, 0.2) is 0 Å². The van der Waals surface area contributed by atoms with Crippen LogP contribution in [0.1, 0.15) is 5.56 Å². The van der Waals surface area contributed by atoms with Crippen LogP contribution in [0.3, 0.4) is 0 Å². The molecule has 3 nitrogen and oxygen atoms in total. The summed E-state index contributed by atoms with van der Waals surface area (Å²) in [6.07, 6.45) is 2.22. The van der Waals surface area contributed by atoms with Crippen molar-refractivity contribution >= 4 is 21.9 Å². The number of nitrogens with zero attached hydrogens (tertiary/aromatic N) is 2. The summed E-state index contributed by atoms with van der Waals surface area (Å²) in [5, 5.41) is 10.9. The number of hydrogen-bond donors (Lipinski definition) is 1. The highest BCUT2D eigenvalue weighted by Crippen LogP contribution is 2.24. The summed E-state index contributed by atoms with van der Waals surface area (Å²) in [6, 6.07) is 12.2. The van der Waals surface area contributed by atoms with E-state index in [-0.39, 0.29) is 0 Å². The number of nitriles is 1. The standard InChI is InChI=1S/C13H9N3/c14-6-5-9-3-4-12-11(8-9)10-2-1-7-15-13(10)16-12/h1-4,7-8H,5H2,(H,15,16). The van der Waals surface area contributed by atoms with E-state index in [1.165, 1.54) is 0 Å². The average Bonchev–Trinajstić information content (AvgIpc) is 2.68. The summed E-state index contributed by atoms with van der Waals surface area (Å²) in [4.78, 5) is 7.53. The molecule has 3 heteroatoms. The smallest absolute Gasteiger partial charge is 0.138 e. The van der Waals surface area contributed by atoms with Gasteiger partial charge in [-0.25, -0.2) is 4.98 Å². The van der Waals surface area contributed by atoms with Crippen molar-refractivity contribution in [3.63, 3.8) is 0 Å². The van der Waals surface area contributed by atoms with Crippen LogP contribution in [-0.2, 0) is 6.42 Å². The number of pyridine rings is 1. The molecule has 0 aliphatic heterocycles. The van der Waals surface area contributed by atoms with Gasteiger partial charge in [-0.05, 0) is 29.8 Å². The minimum Gasteiger partial charge on any atom is -0.339 e. The molecule has 0 amide bonds. The summed E-state index contributed by atoms with van der Waals surface area (Å²) in [5.41, 5.74) is 3.00. The Kier molecular flexibility index (Phi) is 1.87. The molecule has 0 atom stereocenters. The number of fused-ring (bicyclic) bond motifs is 3. The van der Waals surface area contributed by atoms with E-state index in [2.05, 4.69) is 22.1 Å². The number of benzene rings is 1. The Morgan fingerprint density at radius 2 is 2.19 bits per heavy atom. The van der Waals surface area contributed by atoms with E-state index in [9.17, 15) is 0 Å². The second kappa shape index (κ2) is 3.35. The van der Waals surface area contributed by atoms with Crippen molar-refractivity contribution in [3.8, 4) is 6.07 Å². The predicted molar refractivity (Wildman–Crippen MR) is 62.9 cm³/mol. The van der Waals surface area contributed by atoms with E-state index in [1.54, 1.807) is 6.20 Å². The van der Waals surface area contributed by atoms with Crippen molar-refractivity contribution < 1.29 is 0 Å². The predicted octanol–water partition coefficient (Wildman–Crippen LogP) is 2.78. The topological polar surface area (TPSA) is 52.5 Å². The third-order valence-electron chi connectivity index (χ3n) is 2.72. The Balaban J connectivity index is 2.36. The third kappa shape index (κ3) is 1.24. The van der Waals surface area contributed by atoms with E-state index in [0.29, 0.717) is 6.42 Å². The van der Waals surface area contributed by atoms with Gasteiger partial charge in [-0.1, -0.05) is 6.07 Å². The van der Waals surface area contributed by atoms with Crippen molar-refractivity contribution in [2.75, 3.05) is 0 Å². The molecule has 0 aliphatic carbocycles. The lowest BCUT2D eigenvalue weighted by Crippen LogP contribution is -1.79. The first kappa shape index (κ1) is 8.93. The lowest BCUT2D eigenvalue weighted by molar-refractivity contribution is 1.27. The van der Waals surface area contributed by atoms with Crippen LogP contribution in [0.4, 0.5) is 0 Å². The van der Waals surface area contributed by atoms with E-state index in [0.717, 1.165) is 27.5 Å². The Morgan fingerprint density at radius 3 is 3.06 bits per heavy atom. The fraction of sp³-hybridized carbons (Fsp3) is 0.0769. The molecule has 0 radical (unpaired) electrons. The number of hydrogen-bond acceptors (Lipinski definition) is 2. The zero-order valence-electron chi connectivity index (χ0n) is 8.57. The third-order valence-corrected chi connectivity index (χ3v) is 2.72. The van der Waals surface area contributed by atoms with Crippen molar-refractivity contribution in [1.29, 1.82) is 5.26 Å². The molecule has 3 rings (SSSR count). The molecule has 0 saturated heterocycles. The molecule has 1 N–H and O–H groups in total. The first-order valence-electron chi connectivity index (χ1n) is 5.11. The second-order valence-corrected chi connectivity index (χ2v) is 3.74. The maximum Gasteiger partial charge on any atom is 0.138 e. The number of H-pyrrole nitrogens is 1. The van der Waals surface area contributed by atoms with Crippen LogP contribution in [0.25, 0.3) is 21.9 Å². The molecule has 0 fully saturated rings. The van der Waals surface area contributed by atoms with Gasteiger partial charge in [0, 0.05) is 22.5 Å². The van der Waals surface area contributed by atoms with Crippen LogP contribution in [0.5, 0.6) is 0 Å². The van der Waals surface area contributed by atoms with Gasteiger partial charge in [-0.2, -0.15) is 5.26 Å². The molecule has 76 valence electrons. The molecule has 16 heavy (non-hydrogen) atoms. The van der Waals surface area contributed by atoms with E-state index >= 15 is 0 Å². The Bertz CT molecular complexity index is 704. The molecule has 3 aromatic rings. The zero-order valence-corrected chi connectivity index (χ0v) is 8.57. The zero-order chi connectivity index (χ0) is 11.0. The minimum absolute atomic E-state index is 0.447. The molecule has 0 saturated carbocycles. The van der Waals surface area contributed by atoms with Gasteiger partial charge in [-0.15, -0.1) is 0 Å². The summed E-state index contributed by atoms with van der Waals surface area (Å²) in [7, 11) is 0. The Morgan fingerprint density at radius 1 is 1.25 bits per heavy atom. The number of aromatic nitrogens is 2. The summed E-state index contributed by atoms with van der Waals surface area (Å²) < 4.78 is 0. The fourth-order valence-corrected chi connectivity index (χ4v) is 1.97. The maximum absolute atomic E-state index is 8.69. The van der Waals surface area contributed by atoms with Crippen molar-refractivity contribution in [1.82, 2.24) is 9.97 Å². The van der Waals surface area contributed by atoms with Gasteiger partial charge < -0.3 is 4.98 Å². The Labute approximate surface area is 92.3 Å². The maximum atomic E-state index is 8.69. The van der Waals surface area contributed by atoms with Crippen LogP contribution in [-0.4, -0.2) is 9.97 Å². The van der Waals surface area contributed by atoms with Crippen molar-refractivity contribution in [2.24, 2.45) is 0 Å². The van der Waals surface area contributed by atoms with Gasteiger partial charge in [-0.3, -0.25) is 0 Å². The second-order valence-electron chi connectivity index (χ2n) is 3.74. The van der Waals surface area contributed by atoms with Crippen molar-refractivity contribution in [3.05, 3.63) is 42.1 Å². The lowest BCUT2D eigenvalue weighted by atomic mass is 10.1. The highest BCUT2D eigenvalue weighted by molar-refractivity contribution is 6.05. The quantitative estimate of drug-likeness (QED) is 0.667. The summed E-state index contributed by atoms with van der Waals surface area (Å²) in [5.74, 6) is 0. The van der Waals surface area contributed by atoms with E-state index in [4.69, 9.17) is 5.26 Å². The first-order valence-corrected chi connectivity index (χ1v) is 5.11. The highest BCUT2D eigenvalue weighted by atomic mass is 14.8. The van der Waals surface area contributed by atoms with Crippen LogP contribution >= 0.6 is 0 Å². The van der Waals surface area contributed by atoms with Gasteiger partial charge >= 0.3 is 0 Å². The van der Waals surface area contributed by atoms with E-state index < -0.39 is 0 Å². The fourth-order valence-electron chi connectivity index (χ4n) is 1.97. The van der Waals surface area contributed by atoms with Crippen LogP contribution in [0.2, 0.25) is 0 Å². The number of nitrogens with one attached hydrogen (secondary N) is 1. The van der Waals surface area contributed by atoms with Gasteiger partial charge in [0.1, 0.15) is 5.65 Å². The van der Waals surface area contributed by atoms with Crippen LogP contribution in [0, 0.1) is 11.3 Å². The molecule has 0 unspecified atom stereocenters. The normalized spacial score (nSPS) is 10.7. The molecule has 1 aromatic carbocycles. The average molecular weight is 207 g/mol. The Hall–Kier alpha value is -2.34. The van der Waals surface area contributed by atoms with Crippen molar-refractivity contribution in [2.45, 2.75) is 6.42 Å². The lowest BCUT2D eigenvalue weighted by Gasteiger charge is -1.95. The molecule has 0 aliphatic rings. The van der Waals surface area contributed by atoms with Crippen LogP contribution in [0.15, 0.2) is 36.5 Å². The summed E-state index contributed by atoms with van der Waals surface area (Å²) >= 11 is 0. The van der Waals surface area contributed by atoms with E-state index in [1.807, 2.05) is 24.3 Å². The van der Waals surface area contributed by atoms with Crippen LogP contribution < -0.4 is 0 Å². The molecule has 0 bridgehead atoms. The molecule has 2 heterocycles. The van der Waals surface area contributed by atoms with Gasteiger partial charge in [0.05, 0.1) is 12.5 Å². The molecule has 2 aromatic heterocycles. The minimum atomic E-state index is 0.447. The largest absolute Gasteiger partial charge is 0.339 e. The van der Waals surface area contributed by atoms with Gasteiger partial charge in [0.2, 0.25) is 0 Å². The highest BCUT2D eigenvalue weighted by Gasteiger charge is 2.04. The monoisotopic (exact) mass is 207 g/mol. The van der Waals surface area contributed by atoms with Gasteiger partial charge in [0.25, 0.3) is 0 Å². The number of aromatic amines is 1. The molecular weight excluding hydrogens is 198 g/mol. The molecule has 0 spiro atoms. The first-order chi connectivity index (χ1) is 7.88. The SMILES string of the molecule is N#CCc1ccc2[nH]c3ncccc3c2c1. The number of rotatable bonds is 1. The molecular formula is C13H9N3. The summed E-state index contributed by atoms with van der Waals surface area (Å²) in [6.45, 7) is 0.